The average Bonchev–Trinajstić information content (AvgIpc) is 2.40. The summed E-state index contributed by atoms with van der Waals surface area (Å²) in [6, 6.07) is 8.43. The Balaban J connectivity index is 2.59. The van der Waals surface area contributed by atoms with Crippen molar-refractivity contribution in [1.29, 1.82) is 5.26 Å². The van der Waals surface area contributed by atoms with E-state index in [2.05, 4.69) is 6.07 Å². The van der Waals surface area contributed by atoms with Gasteiger partial charge in [0.05, 0.1) is 16.7 Å². The molecule has 0 amide bonds. The number of nitrogens with two attached hydrogens (primary N) is 2. The average molecular weight is 275 g/mol. The van der Waals surface area contributed by atoms with Crippen molar-refractivity contribution < 1.29 is 4.39 Å². The number of nitrogens with zero attached hydrogens (tertiary/aromatic N) is 1. The first-order valence-corrected chi connectivity index (χ1v) is 6.63. The molecule has 1 unspecified atom stereocenters. The Morgan fingerprint density at radius 3 is 2.79 bits per heavy atom. The van der Waals surface area contributed by atoms with E-state index in [0.29, 0.717) is 10.6 Å². The lowest BCUT2D eigenvalue weighted by molar-refractivity contribution is 0.624. The quantitative estimate of drug-likeness (QED) is 0.869. The monoisotopic (exact) mass is 275 g/mol. The van der Waals surface area contributed by atoms with Crippen molar-refractivity contribution in [1.82, 2.24) is 0 Å². The van der Waals surface area contributed by atoms with Gasteiger partial charge in [-0.05, 0) is 30.2 Å². The van der Waals surface area contributed by atoms with E-state index in [4.69, 9.17) is 11.5 Å². The highest BCUT2D eigenvalue weighted by Gasteiger charge is 2.28. The fourth-order valence-corrected chi connectivity index (χ4v) is 3.07. The summed E-state index contributed by atoms with van der Waals surface area (Å²) >= 11 is 1.33. The maximum atomic E-state index is 13.4. The van der Waals surface area contributed by atoms with Gasteiger partial charge in [-0.3, -0.25) is 0 Å². The maximum absolute atomic E-state index is 13.4. The summed E-state index contributed by atoms with van der Waals surface area (Å²) in [5, 5.41) is 10.00. The number of hydrogen-bond acceptors (Lipinski definition) is 4. The largest absolute Gasteiger partial charge is 0.393 e. The molecule has 98 valence electrons. The standard InChI is InChI=1S/C14H14FN3S/c1-8-13(9-3-2-4-10(15)5-9)11(6-16)12(7-17)19-14(8)18/h2-5,13H,7,17-18H2,1H3. The van der Waals surface area contributed by atoms with Gasteiger partial charge in [-0.25, -0.2) is 4.39 Å². The van der Waals surface area contributed by atoms with E-state index in [9.17, 15) is 9.65 Å². The smallest absolute Gasteiger partial charge is 0.123 e. The molecule has 5 heteroatoms. The predicted molar refractivity (Wildman–Crippen MR) is 75.3 cm³/mol. The van der Waals surface area contributed by atoms with Crippen LogP contribution >= 0.6 is 11.8 Å². The lowest BCUT2D eigenvalue weighted by atomic mass is 9.85. The molecule has 1 aliphatic rings. The number of rotatable bonds is 2. The molecular formula is C14H14FN3S. The van der Waals surface area contributed by atoms with Crippen molar-refractivity contribution in [2.75, 3.05) is 6.54 Å². The molecule has 1 heterocycles. The van der Waals surface area contributed by atoms with Crippen molar-refractivity contribution >= 4 is 11.8 Å². The highest BCUT2D eigenvalue weighted by Crippen LogP contribution is 2.44. The minimum absolute atomic E-state index is 0.257. The Morgan fingerprint density at radius 2 is 2.21 bits per heavy atom. The summed E-state index contributed by atoms with van der Waals surface area (Å²) in [5.74, 6) is -0.630. The molecule has 0 fully saturated rings. The highest BCUT2D eigenvalue weighted by atomic mass is 32.2. The van der Waals surface area contributed by atoms with Crippen LogP contribution in [0.4, 0.5) is 4.39 Å². The van der Waals surface area contributed by atoms with Gasteiger partial charge in [-0.15, -0.1) is 0 Å². The molecule has 0 aromatic heterocycles. The first kappa shape index (κ1) is 13.7. The summed E-state index contributed by atoms with van der Waals surface area (Å²) in [6.07, 6.45) is 0. The SMILES string of the molecule is CC1=C(N)SC(CN)=C(C#N)C1c1cccc(F)c1. The normalized spacial score (nSPS) is 19.6. The first-order chi connectivity index (χ1) is 9.08. The van der Waals surface area contributed by atoms with E-state index in [-0.39, 0.29) is 18.3 Å². The third-order valence-electron chi connectivity index (χ3n) is 3.13. The molecule has 3 nitrogen and oxygen atoms in total. The van der Waals surface area contributed by atoms with Crippen LogP contribution in [0.25, 0.3) is 0 Å². The van der Waals surface area contributed by atoms with Crippen LogP contribution in [0.2, 0.25) is 0 Å². The van der Waals surface area contributed by atoms with Gasteiger partial charge in [-0.1, -0.05) is 23.9 Å². The number of benzene rings is 1. The first-order valence-electron chi connectivity index (χ1n) is 5.81. The second-order valence-electron chi connectivity index (χ2n) is 4.29. The van der Waals surface area contributed by atoms with E-state index in [1.807, 2.05) is 6.92 Å². The zero-order valence-corrected chi connectivity index (χ0v) is 11.3. The molecule has 1 aromatic rings. The number of halogens is 1. The molecule has 0 spiro atoms. The number of hydrogen-bond donors (Lipinski definition) is 2. The molecule has 19 heavy (non-hydrogen) atoms. The Hall–Kier alpha value is -1.77. The van der Waals surface area contributed by atoms with Crippen molar-refractivity contribution in [2.45, 2.75) is 12.8 Å². The van der Waals surface area contributed by atoms with Gasteiger partial charge in [0.2, 0.25) is 0 Å². The summed E-state index contributed by atoms with van der Waals surface area (Å²) in [7, 11) is 0. The second kappa shape index (κ2) is 5.47. The zero-order chi connectivity index (χ0) is 14.0. The van der Waals surface area contributed by atoms with Crippen molar-refractivity contribution in [3.05, 3.63) is 56.7 Å². The number of nitriles is 1. The topological polar surface area (TPSA) is 75.8 Å². The van der Waals surface area contributed by atoms with Gasteiger partial charge < -0.3 is 11.5 Å². The van der Waals surface area contributed by atoms with Crippen molar-refractivity contribution in [2.24, 2.45) is 11.5 Å². The van der Waals surface area contributed by atoms with Crippen LogP contribution in [-0.2, 0) is 0 Å². The Labute approximate surface area is 115 Å². The van der Waals surface area contributed by atoms with Gasteiger partial charge in [0.15, 0.2) is 0 Å². The van der Waals surface area contributed by atoms with Gasteiger partial charge in [0.1, 0.15) is 5.82 Å². The Kier molecular flexibility index (Phi) is 3.93. The van der Waals surface area contributed by atoms with Crippen molar-refractivity contribution in [3.8, 4) is 6.07 Å². The fourth-order valence-electron chi connectivity index (χ4n) is 2.17. The molecule has 4 N–H and O–H groups in total. The van der Waals surface area contributed by atoms with Crippen LogP contribution in [0.1, 0.15) is 18.4 Å². The van der Waals surface area contributed by atoms with E-state index >= 15 is 0 Å². The summed E-state index contributed by atoms with van der Waals surface area (Å²) in [6.45, 7) is 2.12. The van der Waals surface area contributed by atoms with Crippen LogP contribution in [0, 0.1) is 17.1 Å². The Bertz CT molecular complexity index is 613. The summed E-state index contributed by atoms with van der Waals surface area (Å²) in [5.41, 5.74) is 13.8. The zero-order valence-electron chi connectivity index (χ0n) is 10.5. The molecular weight excluding hydrogens is 261 g/mol. The Morgan fingerprint density at radius 1 is 1.47 bits per heavy atom. The van der Waals surface area contributed by atoms with Gasteiger partial charge in [-0.2, -0.15) is 5.26 Å². The lowest BCUT2D eigenvalue weighted by Crippen LogP contribution is -2.18. The highest BCUT2D eigenvalue weighted by molar-refractivity contribution is 8.06. The second-order valence-corrected chi connectivity index (χ2v) is 5.43. The van der Waals surface area contributed by atoms with Crippen LogP contribution in [-0.4, -0.2) is 6.54 Å². The van der Waals surface area contributed by atoms with Crippen LogP contribution in [0.5, 0.6) is 0 Å². The maximum Gasteiger partial charge on any atom is 0.123 e. The minimum atomic E-state index is -0.325. The molecule has 0 bridgehead atoms. The molecule has 1 aliphatic heterocycles. The van der Waals surface area contributed by atoms with E-state index in [1.54, 1.807) is 12.1 Å². The molecule has 2 rings (SSSR count). The van der Waals surface area contributed by atoms with E-state index in [0.717, 1.165) is 16.0 Å². The van der Waals surface area contributed by atoms with Gasteiger partial charge in [0, 0.05) is 17.4 Å². The predicted octanol–water partition coefficient (Wildman–Crippen LogP) is 2.58. The molecule has 0 aliphatic carbocycles. The fraction of sp³-hybridized carbons (Fsp3) is 0.214. The molecule has 1 aromatic carbocycles. The van der Waals surface area contributed by atoms with E-state index in [1.165, 1.54) is 23.9 Å². The summed E-state index contributed by atoms with van der Waals surface area (Å²) < 4.78 is 13.4. The lowest BCUT2D eigenvalue weighted by Gasteiger charge is -2.26. The number of thioether (sulfide) groups is 1. The molecule has 0 saturated heterocycles. The third-order valence-corrected chi connectivity index (χ3v) is 4.31. The van der Waals surface area contributed by atoms with Crippen LogP contribution in [0.15, 0.2) is 45.3 Å². The van der Waals surface area contributed by atoms with Crippen LogP contribution < -0.4 is 11.5 Å². The molecule has 0 saturated carbocycles. The van der Waals surface area contributed by atoms with Crippen LogP contribution in [0.3, 0.4) is 0 Å². The third kappa shape index (κ3) is 2.50. The van der Waals surface area contributed by atoms with Gasteiger partial charge >= 0.3 is 0 Å². The minimum Gasteiger partial charge on any atom is -0.393 e. The van der Waals surface area contributed by atoms with Crippen molar-refractivity contribution in [3.63, 3.8) is 0 Å². The molecule has 0 radical (unpaired) electrons. The number of allylic oxidation sites excluding steroid dienone is 2. The summed E-state index contributed by atoms with van der Waals surface area (Å²) in [4.78, 5) is 0.750. The molecule has 1 atom stereocenters. The van der Waals surface area contributed by atoms with E-state index < -0.39 is 0 Å². The van der Waals surface area contributed by atoms with Gasteiger partial charge in [0.25, 0.3) is 0 Å².